The number of esters is 1. The highest BCUT2D eigenvalue weighted by Crippen LogP contribution is 2.14. The number of nitrogens with zero attached hydrogens (tertiary/aromatic N) is 2. The molecule has 0 amide bonds. The van der Waals surface area contributed by atoms with Gasteiger partial charge < -0.3 is 4.74 Å². The van der Waals surface area contributed by atoms with Gasteiger partial charge in [-0.1, -0.05) is 0 Å². The Bertz CT molecular complexity index is 600. The molecule has 1 aromatic rings. The molecule has 7 heteroatoms. The average Bonchev–Trinajstić information content (AvgIpc) is 2.38. The van der Waals surface area contributed by atoms with Gasteiger partial charge in [0.15, 0.2) is 6.10 Å². The molecule has 0 aromatic heterocycles. The van der Waals surface area contributed by atoms with Crippen LogP contribution in [0, 0.1) is 11.3 Å². The molecule has 19 heavy (non-hydrogen) atoms. The van der Waals surface area contributed by atoms with Gasteiger partial charge in [-0.05, 0) is 31.2 Å². The van der Waals surface area contributed by atoms with Crippen LogP contribution in [-0.4, -0.2) is 38.9 Å². The zero-order chi connectivity index (χ0) is 14.6. The summed E-state index contributed by atoms with van der Waals surface area (Å²) in [4.78, 5) is 11.7. The van der Waals surface area contributed by atoms with Gasteiger partial charge in [-0.25, -0.2) is 17.5 Å². The Morgan fingerprint density at radius 3 is 2.26 bits per heavy atom. The lowest BCUT2D eigenvalue weighted by Gasteiger charge is -2.11. The Labute approximate surface area is 112 Å². The number of benzene rings is 1. The van der Waals surface area contributed by atoms with Crippen LogP contribution in [0.1, 0.15) is 17.3 Å². The van der Waals surface area contributed by atoms with Crippen LogP contribution in [0.3, 0.4) is 0 Å². The van der Waals surface area contributed by atoms with Gasteiger partial charge in [0, 0.05) is 14.1 Å². The molecule has 0 saturated carbocycles. The molecule has 1 aromatic carbocycles. The Balaban J connectivity index is 2.95. The van der Waals surface area contributed by atoms with Crippen LogP contribution in [0.25, 0.3) is 0 Å². The third kappa shape index (κ3) is 3.53. The maximum atomic E-state index is 11.8. The minimum Gasteiger partial charge on any atom is -0.444 e. The second-order valence-corrected chi connectivity index (χ2v) is 6.14. The topological polar surface area (TPSA) is 87.5 Å². The van der Waals surface area contributed by atoms with Crippen molar-refractivity contribution in [2.75, 3.05) is 14.1 Å². The van der Waals surface area contributed by atoms with Crippen LogP contribution < -0.4 is 0 Å². The first-order valence-electron chi connectivity index (χ1n) is 5.42. The lowest BCUT2D eigenvalue weighted by molar-refractivity contribution is 0.0435. The number of carbonyl (C=O) groups excluding carboxylic acids is 1. The molecule has 102 valence electrons. The fourth-order valence-electron chi connectivity index (χ4n) is 1.23. The van der Waals surface area contributed by atoms with E-state index in [4.69, 9.17) is 10.00 Å². The molecule has 0 fully saturated rings. The quantitative estimate of drug-likeness (QED) is 0.769. The zero-order valence-electron chi connectivity index (χ0n) is 10.8. The highest BCUT2D eigenvalue weighted by atomic mass is 32.2. The minimum atomic E-state index is -3.52. The van der Waals surface area contributed by atoms with E-state index >= 15 is 0 Å². The molecule has 1 atom stereocenters. The molecule has 0 N–H and O–H groups in total. The molecule has 6 nitrogen and oxygen atoms in total. The molecule has 0 radical (unpaired) electrons. The van der Waals surface area contributed by atoms with E-state index in [0.717, 1.165) is 4.31 Å². The van der Waals surface area contributed by atoms with Crippen molar-refractivity contribution in [3.63, 3.8) is 0 Å². The van der Waals surface area contributed by atoms with Crippen molar-refractivity contribution >= 4 is 16.0 Å². The van der Waals surface area contributed by atoms with Crippen LogP contribution >= 0.6 is 0 Å². The van der Waals surface area contributed by atoms with E-state index in [0.29, 0.717) is 0 Å². The first kappa shape index (κ1) is 15.1. The van der Waals surface area contributed by atoms with E-state index in [2.05, 4.69) is 0 Å². The predicted molar refractivity (Wildman–Crippen MR) is 67.8 cm³/mol. The van der Waals surface area contributed by atoms with E-state index < -0.39 is 22.1 Å². The van der Waals surface area contributed by atoms with Crippen molar-refractivity contribution in [3.05, 3.63) is 29.8 Å². The van der Waals surface area contributed by atoms with Crippen molar-refractivity contribution in [1.82, 2.24) is 4.31 Å². The highest BCUT2D eigenvalue weighted by Gasteiger charge is 2.18. The second-order valence-electron chi connectivity index (χ2n) is 3.99. The third-order valence-corrected chi connectivity index (χ3v) is 4.16. The maximum absolute atomic E-state index is 11.8. The standard InChI is InChI=1S/C12H14N2O4S/c1-9(8-13)18-12(15)10-4-6-11(7-5-10)19(16,17)14(2)3/h4-7,9H,1-3H3/t9-/m0/s1. The van der Waals surface area contributed by atoms with Gasteiger partial charge in [-0.15, -0.1) is 0 Å². The van der Waals surface area contributed by atoms with Gasteiger partial charge in [-0.2, -0.15) is 5.26 Å². The molecule has 0 unspecified atom stereocenters. The fraction of sp³-hybridized carbons (Fsp3) is 0.333. The molecule has 1 rings (SSSR count). The molecule has 0 bridgehead atoms. The van der Waals surface area contributed by atoms with Gasteiger partial charge in [0.25, 0.3) is 0 Å². The van der Waals surface area contributed by atoms with E-state index in [1.807, 2.05) is 0 Å². The lowest BCUT2D eigenvalue weighted by Crippen LogP contribution is -2.22. The zero-order valence-corrected chi connectivity index (χ0v) is 11.6. The second kappa shape index (κ2) is 5.82. The third-order valence-electron chi connectivity index (χ3n) is 2.33. The van der Waals surface area contributed by atoms with Gasteiger partial charge in [0.1, 0.15) is 6.07 Å². The summed E-state index contributed by atoms with van der Waals surface area (Å²) in [6.07, 6.45) is -0.849. The summed E-state index contributed by atoms with van der Waals surface area (Å²) >= 11 is 0. The number of nitriles is 1. The number of ether oxygens (including phenoxy) is 1. The van der Waals surface area contributed by atoms with Gasteiger partial charge in [-0.3, -0.25) is 0 Å². The number of hydrogen-bond acceptors (Lipinski definition) is 5. The summed E-state index contributed by atoms with van der Waals surface area (Å²) in [6, 6.07) is 7.12. The molecule has 0 aliphatic carbocycles. The summed E-state index contributed by atoms with van der Waals surface area (Å²) in [6.45, 7) is 1.45. The van der Waals surface area contributed by atoms with Gasteiger partial charge in [0.2, 0.25) is 10.0 Å². The van der Waals surface area contributed by atoms with Crippen molar-refractivity contribution in [2.45, 2.75) is 17.9 Å². The molecule has 0 spiro atoms. The fourth-order valence-corrected chi connectivity index (χ4v) is 2.13. The number of rotatable bonds is 4. The predicted octanol–water partition coefficient (Wildman–Crippen LogP) is 1.01. The van der Waals surface area contributed by atoms with Gasteiger partial charge >= 0.3 is 5.97 Å². The summed E-state index contributed by atoms with van der Waals surface area (Å²) in [5.74, 6) is -0.664. The largest absolute Gasteiger partial charge is 0.444 e. The van der Waals surface area contributed by atoms with E-state index in [1.54, 1.807) is 6.07 Å². The lowest BCUT2D eigenvalue weighted by atomic mass is 10.2. The smallest absolute Gasteiger partial charge is 0.339 e. The van der Waals surface area contributed by atoms with Crippen LogP contribution in [0.15, 0.2) is 29.2 Å². The van der Waals surface area contributed by atoms with Crippen LogP contribution in [-0.2, 0) is 14.8 Å². The minimum absolute atomic E-state index is 0.0855. The van der Waals surface area contributed by atoms with Crippen molar-refractivity contribution in [3.8, 4) is 6.07 Å². The van der Waals surface area contributed by atoms with E-state index in [1.165, 1.54) is 45.3 Å². The maximum Gasteiger partial charge on any atom is 0.339 e. The molecule has 0 saturated heterocycles. The molecule has 0 aliphatic heterocycles. The van der Waals surface area contributed by atoms with Crippen LogP contribution in [0.2, 0.25) is 0 Å². The SMILES string of the molecule is C[C@@H](C#N)OC(=O)c1ccc(S(=O)(=O)N(C)C)cc1. The summed E-state index contributed by atoms with van der Waals surface area (Å²) in [5, 5.41) is 8.53. The van der Waals surface area contributed by atoms with E-state index in [-0.39, 0.29) is 10.5 Å². The molecular formula is C12H14N2O4S. The Morgan fingerprint density at radius 2 is 1.84 bits per heavy atom. The number of hydrogen-bond donors (Lipinski definition) is 0. The Kier molecular flexibility index (Phi) is 4.64. The molecule has 0 heterocycles. The normalized spacial score (nSPS) is 12.8. The first-order valence-corrected chi connectivity index (χ1v) is 6.86. The number of sulfonamides is 1. The average molecular weight is 282 g/mol. The summed E-state index contributed by atoms with van der Waals surface area (Å²) in [7, 11) is -0.673. The van der Waals surface area contributed by atoms with Crippen LogP contribution in [0.4, 0.5) is 0 Å². The van der Waals surface area contributed by atoms with Crippen molar-refractivity contribution < 1.29 is 17.9 Å². The Morgan fingerprint density at radius 1 is 1.32 bits per heavy atom. The first-order chi connectivity index (χ1) is 8.78. The van der Waals surface area contributed by atoms with E-state index in [9.17, 15) is 13.2 Å². The molecular weight excluding hydrogens is 268 g/mol. The Hall–Kier alpha value is -1.91. The monoisotopic (exact) mass is 282 g/mol. The highest BCUT2D eigenvalue weighted by molar-refractivity contribution is 7.89. The molecule has 0 aliphatic rings. The summed E-state index contributed by atoms with van der Waals surface area (Å²) in [5.41, 5.74) is 0.194. The van der Waals surface area contributed by atoms with Crippen molar-refractivity contribution in [1.29, 1.82) is 5.26 Å². The van der Waals surface area contributed by atoms with Gasteiger partial charge in [0.05, 0.1) is 10.5 Å². The van der Waals surface area contributed by atoms with Crippen LogP contribution in [0.5, 0.6) is 0 Å². The summed E-state index contributed by atoms with van der Waals surface area (Å²) < 4.78 is 29.5. The van der Waals surface area contributed by atoms with Crippen molar-refractivity contribution in [2.24, 2.45) is 0 Å². The number of carbonyl (C=O) groups is 1.